The Balaban J connectivity index is 1.84. The van der Waals surface area contributed by atoms with Crippen LogP contribution in [0.5, 0.6) is 0 Å². The molecule has 0 aromatic heterocycles. The summed E-state index contributed by atoms with van der Waals surface area (Å²) in [5, 5.41) is 9.04. The average molecular weight is 336 g/mol. The molecule has 2 fully saturated rings. The molecular weight excluding hydrogens is 315 g/mol. The highest BCUT2D eigenvalue weighted by atomic mass is 19.1. The number of hydrogen-bond acceptors (Lipinski definition) is 4. The van der Waals surface area contributed by atoms with Gasteiger partial charge in [0.1, 0.15) is 5.82 Å². The summed E-state index contributed by atoms with van der Waals surface area (Å²) in [4.78, 5) is 27.5. The minimum atomic E-state index is -0.880. The molecule has 2 aliphatic rings. The van der Waals surface area contributed by atoms with Crippen LogP contribution in [0.25, 0.3) is 0 Å². The van der Waals surface area contributed by atoms with Crippen LogP contribution in [0.4, 0.5) is 4.39 Å². The molecule has 3 rings (SSSR count). The van der Waals surface area contributed by atoms with E-state index in [2.05, 4.69) is 0 Å². The van der Waals surface area contributed by atoms with Gasteiger partial charge in [-0.2, -0.15) is 0 Å². The average Bonchev–Trinajstić information content (AvgIpc) is 2.75. The molecule has 2 heterocycles. The first-order chi connectivity index (χ1) is 11.4. The molecule has 1 aromatic rings. The van der Waals surface area contributed by atoms with Crippen molar-refractivity contribution in [2.45, 2.75) is 13.0 Å². The number of hydrogen-bond donors (Lipinski definition) is 1. The molecule has 0 saturated carbocycles. The van der Waals surface area contributed by atoms with Crippen molar-refractivity contribution in [3.8, 4) is 0 Å². The van der Waals surface area contributed by atoms with Crippen molar-refractivity contribution in [3.63, 3.8) is 0 Å². The molecule has 6 nitrogen and oxygen atoms in total. The number of carbonyl (C=O) groups excluding carboxylic acids is 1. The summed E-state index contributed by atoms with van der Waals surface area (Å²) in [6.45, 7) is 4.09. The molecule has 1 N–H and O–H groups in total. The maximum Gasteiger partial charge on any atom is 0.317 e. The fourth-order valence-corrected chi connectivity index (χ4v) is 3.53. The van der Waals surface area contributed by atoms with Gasteiger partial charge in [-0.25, -0.2) is 4.39 Å². The van der Waals surface area contributed by atoms with Crippen molar-refractivity contribution in [1.82, 2.24) is 9.80 Å². The first-order valence-corrected chi connectivity index (χ1v) is 8.02. The molecule has 0 unspecified atom stereocenters. The normalized spacial score (nSPS) is 24.5. The van der Waals surface area contributed by atoms with Gasteiger partial charge in [0.05, 0.1) is 25.8 Å². The van der Waals surface area contributed by atoms with E-state index < -0.39 is 11.8 Å². The number of rotatable bonds is 3. The zero-order valence-corrected chi connectivity index (χ0v) is 13.6. The molecule has 1 aromatic carbocycles. The lowest BCUT2D eigenvalue weighted by molar-refractivity contribution is -0.138. The predicted octanol–water partition coefficient (Wildman–Crippen LogP) is 0.992. The molecule has 0 aliphatic carbocycles. The lowest BCUT2D eigenvalue weighted by atomic mass is 10.1. The van der Waals surface area contributed by atoms with Gasteiger partial charge in [0.2, 0.25) is 0 Å². The fourth-order valence-electron chi connectivity index (χ4n) is 3.53. The van der Waals surface area contributed by atoms with Gasteiger partial charge in [0.15, 0.2) is 0 Å². The van der Waals surface area contributed by atoms with E-state index in [-0.39, 0.29) is 24.4 Å². The second-order valence-electron chi connectivity index (χ2n) is 6.62. The van der Waals surface area contributed by atoms with Crippen molar-refractivity contribution < 1.29 is 23.8 Å². The topological polar surface area (TPSA) is 70.1 Å². The lowest BCUT2D eigenvalue weighted by Gasteiger charge is -2.30. The highest BCUT2D eigenvalue weighted by Crippen LogP contribution is 2.22. The van der Waals surface area contributed by atoms with Crippen LogP contribution in [0.1, 0.15) is 15.9 Å². The minimum Gasteiger partial charge on any atom is -0.480 e. The predicted molar refractivity (Wildman–Crippen MR) is 84.3 cm³/mol. The third kappa shape index (κ3) is 3.73. The summed E-state index contributed by atoms with van der Waals surface area (Å²) >= 11 is 0. The molecule has 2 saturated heterocycles. The lowest BCUT2D eigenvalue weighted by Crippen LogP contribution is -2.47. The van der Waals surface area contributed by atoms with Gasteiger partial charge in [-0.05, 0) is 30.7 Å². The van der Waals surface area contributed by atoms with Crippen LogP contribution in [0.3, 0.4) is 0 Å². The van der Waals surface area contributed by atoms with Crippen molar-refractivity contribution >= 4 is 11.9 Å². The van der Waals surface area contributed by atoms with E-state index in [4.69, 9.17) is 9.84 Å². The largest absolute Gasteiger partial charge is 0.480 e. The summed E-state index contributed by atoms with van der Waals surface area (Å²) in [5.41, 5.74) is 1.02. The van der Waals surface area contributed by atoms with Crippen LogP contribution in [0.2, 0.25) is 0 Å². The van der Waals surface area contributed by atoms with E-state index in [1.54, 1.807) is 17.9 Å². The van der Waals surface area contributed by atoms with Crippen LogP contribution in [0.15, 0.2) is 18.2 Å². The third-order valence-electron chi connectivity index (χ3n) is 4.45. The Labute approximate surface area is 139 Å². The van der Waals surface area contributed by atoms with E-state index >= 15 is 0 Å². The van der Waals surface area contributed by atoms with Crippen molar-refractivity contribution in [2.75, 3.05) is 39.4 Å². The van der Waals surface area contributed by atoms with Gasteiger partial charge < -0.3 is 14.7 Å². The van der Waals surface area contributed by atoms with E-state index in [9.17, 15) is 14.0 Å². The number of halogens is 1. The molecule has 1 amide bonds. The Kier molecular flexibility index (Phi) is 4.82. The van der Waals surface area contributed by atoms with Gasteiger partial charge in [-0.15, -0.1) is 0 Å². The maximum absolute atomic E-state index is 13.6. The van der Waals surface area contributed by atoms with Crippen LogP contribution < -0.4 is 0 Å². The number of carboxylic acids is 1. The fraction of sp³-hybridized carbons (Fsp3) is 0.529. The van der Waals surface area contributed by atoms with E-state index in [1.165, 1.54) is 12.1 Å². The number of aliphatic carboxylic acids is 1. The van der Waals surface area contributed by atoms with Gasteiger partial charge >= 0.3 is 5.97 Å². The summed E-state index contributed by atoms with van der Waals surface area (Å²) in [5.74, 6) is -1.49. The molecule has 130 valence electrons. The number of amides is 1. The molecule has 0 radical (unpaired) electrons. The summed E-state index contributed by atoms with van der Waals surface area (Å²) in [6.07, 6.45) is 0. The molecule has 2 bridgehead atoms. The van der Waals surface area contributed by atoms with Crippen LogP contribution in [-0.2, 0) is 9.53 Å². The quantitative estimate of drug-likeness (QED) is 0.891. The highest BCUT2D eigenvalue weighted by molar-refractivity contribution is 5.94. The Hall–Kier alpha value is -1.99. The zero-order chi connectivity index (χ0) is 17.3. The number of aryl methyl sites for hydroxylation is 1. The molecule has 2 aliphatic heterocycles. The van der Waals surface area contributed by atoms with Crippen LogP contribution in [0, 0.1) is 18.7 Å². The third-order valence-corrected chi connectivity index (χ3v) is 4.45. The number of nitrogens with zero attached hydrogens (tertiary/aromatic N) is 2. The molecule has 7 heteroatoms. The number of carbonyl (C=O) groups is 2. The van der Waals surface area contributed by atoms with Crippen LogP contribution in [-0.4, -0.2) is 72.2 Å². The van der Waals surface area contributed by atoms with Crippen molar-refractivity contribution in [2.24, 2.45) is 5.92 Å². The van der Waals surface area contributed by atoms with Crippen molar-refractivity contribution in [3.05, 3.63) is 35.1 Å². The summed E-state index contributed by atoms with van der Waals surface area (Å²) < 4.78 is 19.3. The van der Waals surface area contributed by atoms with Crippen LogP contribution >= 0.6 is 0 Å². The Morgan fingerprint density at radius 1 is 1.25 bits per heavy atom. The molecule has 24 heavy (non-hydrogen) atoms. The van der Waals surface area contributed by atoms with Gasteiger partial charge in [0, 0.05) is 31.1 Å². The van der Waals surface area contributed by atoms with Gasteiger partial charge in [-0.3, -0.25) is 14.5 Å². The standard InChI is InChI=1S/C17H21FN2O4/c1-11-2-13(4-14(18)3-11)17(23)20-6-12-5-19(8-16(21)22)7-15(20)10-24-9-12/h2-4,12,15H,5-10H2,1H3,(H,21,22)/t12-,15-/m0/s1. The second kappa shape index (κ2) is 6.86. The van der Waals surface area contributed by atoms with Gasteiger partial charge in [0.25, 0.3) is 5.91 Å². The highest BCUT2D eigenvalue weighted by Gasteiger charge is 2.36. The van der Waals surface area contributed by atoms with Gasteiger partial charge in [-0.1, -0.05) is 0 Å². The van der Waals surface area contributed by atoms with E-state index in [0.717, 1.165) is 0 Å². The second-order valence-corrected chi connectivity index (χ2v) is 6.62. The molecule has 0 spiro atoms. The Morgan fingerprint density at radius 2 is 2.04 bits per heavy atom. The smallest absolute Gasteiger partial charge is 0.317 e. The van der Waals surface area contributed by atoms with E-state index in [1.807, 2.05) is 4.90 Å². The SMILES string of the molecule is Cc1cc(F)cc(C(=O)N2C[C@H]3COC[C@@H]2CN(CC(=O)O)C3)c1. The summed E-state index contributed by atoms with van der Waals surface area (Å²) in [7, 11) is 0. The van der Waals surface area contributed by atoms with Crippen molar-refractivity contribution in [1.29, 1.82) is 0 Å². The number of carboxylic acid groups (broad SMARTS) is 1. The maximum atomic E-state index is 13.6. The minimum absolute atomic E-state index is 0.0475. The monoisotopic (exact) mass is 336 g/mol. The van der Waals surface area contributed by atoms with E-state index in [0.29, 0.717) is 44.0 Å². The summed E-state index contributed by atoms with van der Waals surface area (Å²) in [6, 6.07) is 4.08. The number of ether oxygens (including phenoxy) is 1. The Morgan fingerprint density at radius 3 is 2.75 bits per heavy atom. The molecular formula is C17H21FN2O4. The first kappa shape index (κ1) is 16.9. The molecule has 2 atom stereocenters. The number of benzene rings is 1. The first-order valence-electron chi connectivity index (χ1n) is 8.02. The number of fused-ring (bicyclic) bond motifs is 3. The Bertz CT molecular complexity index is 631. The zero-order valence-electron chi connectivity index (χ0n) is 13.6.